The fourth-order valence-electron chi connectivity index (χ4n) is 1.97. The molecule has 2 aromatic heterocycles. The van der Waals surface area contributed by atoms with E-state index in [-0.39, 0.29) is 24.0 Å². The van der Waals surface area contributed by atoms with E-state index >= 15 is 0 Å². The molecule has 0 bridgehead atoms. The first-order valence-corrected chi connectivity index (χ1v) is 5.85. The molecule has 0 N–H and O–H groups in total. The van der Waals surface area contributed by atoms with Gasteiger partial charge in [0.1, 0.15) is 0 Å². The van der Waals surface area contributed by atoms with Crippen molar-refractivity contribution in [1.82, 2.24) is 9.30 Å². The lowest BCUT2D eigenvalue weighted by Crippen LogP contribution is -2.10. The summed E-state index contributed by atoms with van der Waals surface area (Å²) in [4.78, 5) is 2.12. The van der Waals surface area contributed by atoms with Crippen molar-refractivity contribution in [1.29, 1.82) is 0 Å². The van der Waals surface area contributed by atoms with Gasteiger partial charge in [-0.05, 0) is 38.7 Å². The van der Waals surface area contributed by atoms with Crippen molar-refractivity contribution in [2.24, 2.45) is 0 Å². The van der Waals surface area contributed by atoms with Crippen molar-refractivity contribution in [2.75, 3.05) is 14.1 Å². The zero-order valence-corrected chi connectivity index (χ0v) is 13.8. The molecular formula is C12H15Cl2IN2. The Morgan fingerprint density at radius 2 is 1.88 bits per heavy atom. The minimum absolute atomic E-state index is 0. The summed E-state index contributed by atoms with van der Waals surface area (Å²) < 4.78 is 2.05. The van der Waals surface area contributed by atoms with Gasteiger partial charge in [0.2, 0.25) is 0 Å². The molecule has 0 amide bonds. The van der Waals surface area contributed by atoms with Gasteiger partial charge in [0.25, 0.3) is 0 Å². The van der Waals surface area contributed by atoms with Crippen LogP contribution in [0.3, 0.4) is 0 Å². The maximum Gasteiger partial charge on any atom is 0.0686 e. The van der Waals surface area contributed by atoms with E-state index in [9.17, 15) is 0 Å². The molecule has 0 fully saturated rings. The fourth-order valence-corrected chi connectivity index (χ4v) is 2.56. The van der Waals surface area contributed by atoms with Crippen molar-refractivity contribution in [2.45, 2.75) is 13.5 Å². The molecule has 0 aliphatic rings. The smallest absolute Gasteiger partial charge is 0.0686 e. The summed E-state index contributed by atoms with van der Waals surface area (Å²) in [6.45, 7) is 2.93. The third kappa shape index (κ3) is 3.08. The molecule has 0 radical (unpaired) electrons. The van der Waals surface area contributed by atoms with E-state index in [1.54, 1.807) is 6.07 Å². The van der Waals surface area contributed by atoms with Gasteiger partial charge < -0.3 is 9.30 Å². The first kappa shape index (κ1) is 15.1. The highest BCUT2D eigenvalue weighted by atomic mass is 127. The highest BCUT2D eigenvalue weighted by Gasteiger charge is 2.11. The van der Waals surface area contributed by atoms with Crippen LogP contribution in [-0.4, -0.2) is 23.4 Å². The minimum Gasteiger partial charge on any atom is -0.318 e. The van der Waals surface area contributed by atoms with E-state index in [0.29, 0.717) is 10.0 Å². The van der Waals surface area contributed by atoms with Gasteiger partial charge in [0, 0.05) is 18.4 Å². The zero-order valence-electron chi connectivity index (χ0n) is 10.00. The van der Waals surface area contributed by atoms with Crippen LogP contribution in [0.5, 0.6) is 0 Å². The lowest BCUT2D eigenvalue weighted by Gasteiger charge is -2.09. The lowest BCUT2D eigenvalue weighted by molar-refractivity contribution is 0.404. The number of hydrogen-bond donors (Lipinski definition) is 0. The topological polar surface area (TPSA) is 7.65 Å². The number of hydrogen-bond acceptors (Lipinski definition) is 1. The average Bonchev–Trinajstić information content (AvgIpc) is 2.42. The Hall–Kier alpha value is 0.0300. The summed E-state index contributed by atoms with van der Waals surface area (Å²) in [6, 6.07) is 3.94. The highest BCUT2D eigenvalue weighted by Crippen LogP contribution is 2.28. The fraction of sp³-hybridized carbons (Fsp3) is 0.333. The number of halogens is 3. The number of aryl methyl sites for hydroxylation is 1. The molecule has 0 spiro atoms. The van der Waals surface area contributed by atoms with Gasteiger partial charge in [-0.25, -0.2) is 0 Å². The van der Waals surface area contributed by atoms with Gasteiger partial charge in [-0.1, -0.05) is 23.2 Å². The van der Waals surface area contributed by atoms with Crippen LogP contribution in [0.4, 0.5) is 0 Å². The van der Waals surface area contributed by atoms with Crippen LogP contribution >= 0.6 is 47.2 Å². The van der Waals surface area contributed by atoms with E-state index in [1.165, 1.54) is 5.56 Å². The van der Waals surface area contributed by atoms with Crippen LogP contribution < -0.4 is 0 Å². The molecule has 0 saturated carbocycles. The Labute approximate surface area is 129 Å². The van der Waals surface area contributed by atoms with Crippen LogP contribution in [0, 0.1) is 6.92 Å². The quantitative estimate of drug-likeness (QED) is 0.703. The summed E-state index contributed by atoms with van der Waals surface area (Å²) in [5.41, 5.74) is 3.43. The Morgan fingerprint density at radius 1 is 1.24 bits per heavy atom. The van der Waals surface area contributed by atoms with Gasteiger partial charge in [-0.2, -0.15) is 0 Å². The van der Waals surface area contributed by atoms with Crippen LogP contribution in [0.15, 0.2) is 18.3 Å². The van der Waals surface area contributed by atoms with Crippen molar-refractivity contribution in [3.8, 4) is 0 Å². The predicted octanol–water partition coefficient (Wildman–Crippen LogP) is 4.23. The molecule has 0 atom stereocenters. The van der Waals surface area contributed by atoms with E-state index in [2.05, 4.69) is 17.9 Å². The maximum atomic E-state index is 6.24. The molecule has 0 aliphatic carbocycles. The standard InChI is InChI=1S/C12H14Cl2N2.HI/c1-8-4-9(6-15(2)3)12-11(14)5-10(13)7-16(8)12;/h4-5,7H,6H2,1-3H3;1H. The number of fused-ring (bicyclic) bond motifs is 1. The van der Waals surface area contributed by atoms with Crippen molar-refractivity contribution >= 4 is 52.7 Å². The largest absolute Gasteiger partial charge is 0.318 e. The molecule has 2 heterocycles. The predicted molar refractivity (Wildman–Crippen MR) is 85.0 cm³/mol. The number of nitrogens with zero attached hydrogens (tertiary/aromatic N) is 2. The average molecular weight is 385 g/mol. The number of aromatic nitrogens is 1. The molecule has 0 aromatic carbocycles. The summed E-state index contributed by atoms with van der Waals surface area (Å²) >= 11 is 12.2. The third-order valence-electron chi connectivity index (χ3n) is 2.54. The first-order valence-electron chi connectivity index (χ1n) is 5.09. The number of pyridine rings is 1. The molecule has 5 heteroatoms. The van der Waals surface area contributed by atoms with Gasteiger partial charge in [-0.15, -0.1) is 24.0 Å². The molecular weight excluding hydrogens is 370 g/mol. The maximum absolute atomic E-state index is 6.24. The zero-order chi connectivity index (χ0) is 11.9. The summed E-state index contributed by atoms with van der Waals surface area (Å²) in [7, 11) is 4.09. The van der Waals surface area contributed by atoms with Gasteiger partial charge in [-0.3, -0.25) is 0 Å². The van der Waals surface area contributed by atoms with Gasteiger partial charge in [0.15, 0.2) is 0 Å². The van der Waals surface area contributed by atoms with Crippen molar-refractivity contribution in [3.05, 3.63) is 39.6 Å². The second-order valence-electron chi connectivity index (χ2n) is 4.27. The van der Waals surface area contributed by atoms with Gasteiger partial charge in [0.05, 0.1) is 15.6 Å². The summed E-state index contributed by atoms with van der Waals surface area (Å²) in [5.74, 6) is 0. The van der Waals surface area contributed by atoms with E-state index in [1.807, 2.05) is 24.7 Å². The minimum atomic E-state index is 0. The van der Waals surface area contributed by atoms with E-state index in [4.69, 9.17) is 23.2 Å². The Balaban J connectivity index is 0.00000144. The van der Waals surface area contributed by atoms with Crippen LogP contribution in [0.25, 0.3) is 5.52 Å². The van der Waals surface area contributed by atoms with Crippen LogP contribution in [0.1, 0.15) is 11.3 Å². The first-order chi connectivity index (χ1) is 7.49. The second-order valence-corrected chi connectivity index (χ2v) is 5.12. The van der Waals surface area contributed by atoms with Crippen molar-refractivity contribution in [3.63, 3.8) is 0 Å². The summed E-state index contributed by atoms with van der Waals surface area (Å²) in [5, 5.41) is 1.37. The monoisotopic (exact) mass is 384 g/mol. The SMILES string of the molecule is Cc1cc(CN(C)C)c2c(Cl)cc(Cl)cn12.I. The molecule has 2 aromatic rings. The summed E-state index contributed by atoms with van der Waals surface area (Å²) in [6.07, 6.45) is 1.90. The molecule has 17 heavy (non-hydrogen) atoms. The number of rotatable bonds is 2. The van der Waals surface area contributed by atoms with Gasteiger partial charge >= 0.3 is 0 Å². The second kappa shape index (κ2) is 5.78. The van der Waals surface area contributed by atoms with Crippen LogP contribution in [-0.2, 0) is 6.54 Å². The Morgan fingerprint density at radius 3 is 2.47 bits per heavy atom. The molecule has 0 aliphatic heterocycles. The van der Waals surface area contributed by atoms with E-state index in [0.717, 1.165) is 17.8 Å². The molecule has 0 unspecified atom stereocenters. The van der Waals surface area contributed by atoms with E-state index < -0.39 is 0 Å². The van der Waals surface area contributed by atoms with Crippen molar-refractivity contribution < 1.29 is 0 Å². The third-order valence-corrected chi connectivity index (χ3v) is 3.03. The Bertz CT molecular complexity index is 535. The lowest BCUT2D eigenvalue weighted by atomic mass is 10.2. The van der Waals surface area contributed by atoms with Crippen LogP contribution in [0.2, 0.25) is 10.0 Å². The normalized spacial score (nSPS) is 10.9. The molecule has 0 saturated heterocycles. The highest BCUT2D eigenvalue weighted by molar-refractivity contribution is 14.0. The molecule has 94 valence electrons. The Kier molecular flexibility index (Phi) is 5.13. The molecule has 2 rings (SSSR count). The molecule has 2 nitrogen and oxygen atoms in total.